The third kappa shape index (κ3) is 2.86. The number of fused-ring (bicyclic) bond motifs is 1. The van der Waals surface area contributed by atoms with E-state index in [-0.39, 0.29) is 0 Å². The Labute approximate surface area is 155 Å². The van der Waals surface area contributed by atoms with Crippen LogP contribution in [0.2, 0.25) is 0 Å². The summed E-state index contributed by atoms with van der Waals surface area (Å²) in [5, 5.41) is 27.0. The minimum absolute atomic E-state index is 0.457. The van der Waals surface area contributed by atoms with Crippen LogP contribution in [-0.2, 0) is 0 Å². The van der Waals surface area contributed by atoms with E-state index >= 15 is 0 Å². The van der Waals surface area contributed by atoms with E-state index in [1.54, 1.807) is 30.6 Å². The number of H-pyrrole nitrogens is 1. The van der Waals surface area contributed by atoms with Crippen molar-refractivity contribution in [2.75, 3.05) is 11.9 Å². The molecule has 2 aromatic carbocycles. The predicted octanol–water partition coefficient (Wildman–Crippen LogP) is 4.14. The Morgan fingerprint density at radius 2 is 1.78 bits per heavy atom. The van der Waals surface area contributed by atoms with Gasteiger partial charge in [0.25, 0.3) is 0 Å². The van der Waals surface area contributed by atoms with Crippen molar-refractivity contribution in [3.05, 3.63) is 72.1 Å². The summed E-state index contributed by atoms with van der Waals surface area (Å²) >= 11 is 0. The highest BCUT2D eigenvalue weighted by atomic mass is 15.1. The minimum Gasteiger partial charge on any atom is -0.344 e. The quantitative estimate of drug-likeness (QED) is 0.599. The number of pyridine rings is 1. The Bertz CT molecular complexity index is 1210. The molecule has 4 aromatic rings. The number of nitriles is 2. The van der Waals surface area contributed by atoms with Crippen LogP contribution in [0.4, 0.5) is 11.4 Å². The van der Waals surface area contributed by atoms with Gasteiger partial charge in [0, 0.05) is 36.1 Å². The van der Waals surface area contributed by atoms with Crippen molar-refractivity contribution in [3.8, 4) is 23.4 Å². The maximum absolute atomic E-state index is 9.46. The Balaban J connectivity index is 1.81. The van der Waals surface area contributed by atoms with Crippen LogP contribution in [0.3, 0.4) is 0 Å². The lowest BCUT2D eigenvalue weighted by Crippen LogP contribution is -2.11. The Morgan fingerprint density at radius 1 is 0.963 bits per heavy atom. The number of aromatic amines is 1. The van der Waals surface area contributed by atoms with E-state index in [0.29, 0.717) is 11.1 Å². The second kappa shape index (κ2) is 6.62. The van der Waals surface area contributed by atoms with Crippen molar-refractivity contribution in [1.29, 1.82) is 10.5 Å². The van der Waals surface area contributed by atoms with Gasteiger partial charge in [-0.15, -0.1) is 0 Å². The largest absolute Gasteiger partial charge is 0.344 e. The first-order chi connectivity index (χ1) is 13.2. The molecule has 2 aromatic heterocycles. The Kier molecular flexibility index (Phi) is 4.00. The van der Waals surface area contributed by atoms with Gasteiger partial charge in [0.1, 0.15) is 11.8 Å². The van der Waals surface area contributed by atoms with E-state index in [0.717, 1.165) is 33.5 Å². The maximum atomic E-state index is 9.46. The summed E-state index contributed by atoms with van der Waals surface area (Å²) < 4.78 is 0. The molecule has 128 valence electrons. The zero-order valence-corrected chi connectivity index (χ0v) is 14.5. The van der Waals surface area contributed by atoms with Crippen LogP contribution in [0.1, 0.15) is 11.1 Å². The lowest BCUT2D eigenvalue weighted by molar-refractivity contribution is 1.12. The van der Waals surface area contributed by atoms with E-state index < -0.39 is 0 Å². The molecule has 0 aliphatic carbocycles. The van der Waals surface area contributed by atoms with Crippen LogP contribution in [0, 0.1) is 22.7 Å². The molecule has 0 atom stereocenters. The SMILES string of the molecule is CN(c1ccc2[nH]nc(-c3ccncc3)c2c1)c1ccc(C#N)cc1C#N. The lowest BCUT2D eigenvalue weighted by atomic mass is 10.1. The van der Waals surface area contributed by atoms with Crippen molar-refractivity contribution in [1.82, 2.24) is 15.2 Å². The van der Waals surface area contributed by atoms with Gasteiger partial charge in [0.05, 0.1) is 28.4 Å². The second-order valence-corrected chi connectivity index (χ2v) is 6.05. The van der Waals surface area contributed by atoms with Crippen molar-refractivity contribution < 1.29 is 0 Å². The minimum atomic E-state index is 0.457. The number of anilines is 2. The normalized spacial score (nSPS) is 10.3. The molecule has 0 amide bonds. The first-order valence-electron chi connectivity index (χ1n) is 8.28. The predicted molar refractivity (Wildman–Crippen MR) is 103 cm³/mol. The Hall–Kier alpha value is -4.16. The van der Waals surface area contributed by atoms with Crippen LogP contribution in [0.5, 0.6) is 0 Å². The highest BCUT2D eigenvalue weighted by Crippen LogP contribution is 2.33. The lowest BCUT2D eigenvalue weighted by Gasteiger charge is -2.21. The molecule has 0 unspecified atom stereocenters. The van der Waals surface area contributed by atoms with Crippen LogP contribution >= 0.6 is 0 Å². The van der Waals surface area contributed by atoms with Crippen molar-refractivity contribution in [2.45, 2.75) is 0 Å². The van der Waals surface area contributed by atoms with Crippen LogP contribution in [-0.4, -0.2) is 22.2 Å². The van der Waals surface area contributed by atoms with E-state index in [9.17, 15) is 5.26 Å². The summed E-state index contributed by atoms with van der Waals surface area (Å²) in [6.45, 7) is 0. The van der Waals surface area contributed by atoms with Gasteiger partial charge in [0.15, 0.2) is 0 Å². The van der Waals surface area contributed by atoms with Gasteiger partial charge in [-0.3, -0.25) is 10.1 Å². The summed E-state index contributed by atoms with van der Waals surface area (Å²) in [5.41, 5.74) is 5.34. The molecule has 0 spiro atoms. The third-order valence-electron chi connectivity index (χ3n) is 4.49. The van der Waals surface area contributed by atoms with Gasteiger partial charge in [-0.2, -0.15) is 15.6 Å². The standard InChI is InChI=1S/C21H14N6/c1-27(20-5-2-14(12-22)10-16(20)13-23)17-3-4-19-18(11-17)21(26-25-19)15-6-8-24-9-7-15/h2-11H,1H3,(H,25,26). The smallest absolute Gasteiger partial charge is 0.101 e. The molecule has 0 saturated heterocycles. The molecule has 0 aliphatic heterocycles. The van der Waals surface area contributed by atoms with Gasteiger partial charge in [-0.05, 0) is 48.5 Å². The summed E-state index contributed by atoms with van der Waals surface area (Å²) in [5.74, 6) is 0. The second-order valence-electron chi connectivity index (χ2n) is 6.05. The number of hydrogen-bond donors (Lipinski definition) is 1. The summed E-state index contributed by atoms with van der Waals surface area (Å²) in [6.07, 6.45) is 3.48. The van der Waals surface area contributed by atoms with E-state index in [4.69, 9.17) is 5.26 Å². The molecular formula is C21H14N6. The van der Waals surface area contributed by atoms with Crippen molar-refractivity contribution in [3.63, 3.8) is 0 Å². The molecule has 4 rings (SSSR count). The van der Waals surface area contributed by atoms with Gasteiger partial charge in [0.2, 0.25) is 0 Å². The van der Waals surface area contributed by atoms with Crippen molar-refractivity contribution in [2.24, 2.45) is 0 Å². The van der Waals surface area contributed by atoms with Gasteiger partial charge < -0.3 is 4.90 Å². The van der Waals surface area contributed by atoms with Crippen molar-refractivity contribution >= 4 is 22.3 Å². The molecule has 1 N–H and O–H groups in total. The fraction of sp³-hybridized carbons (Fsp3) is 0.0476. The fourth-order valence-electron chi connectivity index (χ4n) is 3.07. The zero-order chi connectivity index (χ0) is 18.8. The number of nitrogens with zero attached hydrogens (tertiary/aromatic N) is 5. The summed E-state index contributed by atoms with van der Waals surface area (Å²) in [4.78, 5) is 5.99. The fourth-order valence-corrected chi connectivity index (χ4v) is 3.07. The molecule has 27 heavy (non-hydrogen) atoms. The average Bonchev–Trinajstić information content (AvgIpc) is 3.16. The van der Waals surface area contributed by atoms with E-state index in [2.05, 4.69) is 27.3 Å². The maximum Gasteiger partial charge on any atom is 0.101 e. The highest BCUT2D eigenvalue weighted by molar-refractivity contribution is 5.95. The molecule has 0 saturated carbocycles. The number of benzene rings is 2. The monoisotopic (exact) mass is 350 g/mol. The van der Waals surface area contributed by atoms with E-state index in [1.165, 1.54) is 0 Å². The first-order valence-corrected chi connectivity index (χ1v) is 8.28. The number of hydrogen-bond acceptors (Lipinski definition) is 5. The van der Waals surface area contributed by atoms with Gasteiger partial charge in [-0.25, -0.2) is 0 Å². The zero-order valence-electron chi connectivity index (χ0n) is 14.5. The van der Waals surface area contributed by atoms with Crippen LogP contribution < -0.4 is 4.90 Å². The van der Waals surface area contributed by atoms with Crippen LogP contribution in [0.15, 0.2) is 60.9 Å². The molecular weight excluding hydrogens is 336 g/mol. The number of rotatable bonds is 3. The molecule has 0 aliphatic rings. The number of aromatic nitrogens is 3. The Morgan fingerprint density at radius 3 is 2.52 bits per heavy atom. The third-order valence-corrected chi connectivity index (χ3v) is 4.49. The van der Waals surface area contributed by atoms with Crippen LogP contribution in [0.25, 0.3) is 22.2 Å². The molecule has 0 fully saturated rings. The first kappa shape index (κ1) is 16.3. The highest BCUT2D eigenvalue weighted by Gasteiger charge is 2.14. The molecule has 6 heteroatoms. The molecule has 2 heterocycles. The van der Waals surface area contributed by atoms with Gasteiger partial charge in [-0.1, -0.05) is 0 Å². The summed E-state index contributed by atoms with van der Waals surface area (Å²) in [7, 11) is 1.90. The molecule has 0 bridgehead atoms. The van der Waals surface area contributed by atoms with E-state index in [1.807, 2.05) is 42.3 Å². The van der Waals surface area contributed by atoms with Gasteiger partial charge >= 0.3 is 0 Å². The molecule has 0 radical (unpaired) electrons. The number of nitrogens with one attached hydrogen (secondary N) is 1. The molecule has 6 nitrogen and oxygen atoms in total. The average molecular weight is 350 g/mol. The summed E-state index contributed by atoms with van der Waals surface area (Å²) in [6, 6.07) is 19.2. The topological polar surface area (TPSA) is 92.4 Å².